The molecule has 0 spiro atoms. The Morgan fingerprint density at radius 2 is 1.68 bits per heavy atom. The average Bonchev–Trinajstić information content (AvgIpc) is 2.99. The lowest BCUT2D eigenvalue weighted by molar-refractivity contribution is -0.144. The third-order valence-corrected chi connectivity index (χ3v) is 4.22. The average molecular weight is 318 g/mol. The van der Waals surface area contributed by atoms with Crippen LogP contribution in [0.5, 0.6) is 0 Å². The maximum absolute atomic E-state index is 11.6. The minimum Gasteiger partial charge on any atom is -0.480 e. The second kappa shape index (κ2) is 6.95. The Bertz CT molecular complexity index is 619. The van der Waals surface area contributed by atoms with Crippen molar-refractivity contribution in [2.24, 2.45) is 0 Å². The van der Waals surface area contributed by atoms with Crippen LogP contribution in [0, 0.1) is 0 Å². The van der Waals surface area contributed by atoms with Crippen LogP contribution >= 0.6 is 12.4 Å². The molecule has 2 aromatic rings. The van der Waals surface area contributed by atoms with Gasteiger partial charge >= 0.3 is 5.97 Å². The molecular formula is C18H20ClNO2. The summed E-state index contributed by atoms with van der Waals surface area (Å²) >= 11 is 0. The number of hydrogen-bond acceptors (Lipinski definition) is 2. The van der Waals surface area contributed by atoms with Gasteiger partial charge in [-0.05, 0) is 36.1 Å². The summed E-state index contributed by atoms with van der Waals surface area (Å²) in [6.45, 7) is 0.786. The Hall–Kier alpha value is -1.84. The monoisotopic (exact) mass is 317 g/mol. The Kier molecular flexibility index (Phi) is 5.22. The highest BCUT2D eigenvalue weighted by atomic mass is 35.5. The summed E-state index contributed by atoms with van der Waals surface area (Å²) in [5.41, 5.74) is 2.61. The predicted molar refractivity (Wildman–Crippen MR) is 90.4 cm³/mol. The molecule has 3 rings (SSSR count). The maximum Gasteiger partial charge on any atom is 0.324 e. The lowest BCUT2D eigenvalue weighted by Crippen LogP contribution is -2.49. The summed E-state index contributed by atoms with van der Waals surface area (Å²) in [7, 11) is 0. The summed E-state index contributed by atoms with van der Waals surface area (Å²) in [5, 5.41) is 12.7. The molecule has 1 atom stereocenters. The van der Waals surface area contributed by atoms with Gasteiger partial charge in [-0.15, -0.1) is 12.4 Å². The van der Waals surface area contributed by atoms with Crippen LogP contribution in [0.3, 0.4) is 0 Å². The van der Waals surface area contributed by atoms with Crippen molar-refractivity contribution in [3.8, 4) is 11.1 Å². The number of nitrogens with one attached hydrogen (secondary N) is 1. The van der Waals surface area contributed by atoms with Crippen molar-refractivity contribution in [1.29, 1.82) is 0 Å². The fraction of sp³-hybridized carbons (Fsp3) is 0.278. The van der Waals surface area contributed by atoms with Crippen LogP contribution in [0.25, 0.3) is 11.1 Å². The van der Waals surface area contributed by atoms with Crippen LogP contribution in [-0.4, -0.2) is 23.2 Å². The number of benzene rings is 2. The molecular weight excluding hydrogens is 298 g/mol. The molecule has 4 heteroatoms. The second-order valence-electron chi connectivity index (χ2n) is 5.66. The topological polar surface area (TPSA) is 49.3 Å². The van der Waals surface area contributed by atoms with E-state index in [-0.39, 0.29) is 12.4 Å². The molecule has 0 bridgehead atoms. The highest BCUT2D eigenvalue weighted by Crippen LogP contribution is 2.26. The van der Waals surface area contributed by atoms with Crippen molar-refractivity contribution < 1.29 is 9.90 Å². The minimum absolute atomic E-state index is 0. The second-order valence-corrected chi connectivity index (χ2v) is 5.66. The molecule has 3 nitrogen and oxygen atoms in total. The van der Waals surface area contributed by atoms with E-state index < -0.39 is 11.5 Å². The van der Waals surface area contributed by atoms with Gasteiger partial charge < -0.3 is 10.4 Å². The van der Waals surface area contributed by atoms with E-state index in [2.05, 4.69) is 29.6 Å². The maximum atomic E-state index is 11.6. The number of carboxylic acid groups (broad SMARTS) is 1. The van der Waals surface area contributed by atoms with E-state index in [0.29, 0.717) is 12.8 Å². The predicted octanol–water partition coefficient (Wildman–Crippen LogP) is 3.52. The molecule has 0 radical (unpaired) electrons. The van der Waals surface area contributed by atoms with Crippen molar-refractivity contribution in [3.05, 3.63) is 60.2 Å². The van der Waals surface area contributed by atoms with Crippen LogP contribution < -0.4 is 5.32 Å². The SMILES string of the molecule is Cl.O=C(O)C1(Cc2ccc(-c3ccccc3)cc2)CCCN1. The van der Waals surface area contributed by atoms with Gasteiger partial charge in [-0.25, -0.2) is 0 Å². The van der Waals surface area contributed by atoms with E-state index in [1.807, 2.05) is 30.3 Å². The molecule has 1 unspecified atom stereocenters. The molecule has 2 aromatic carbocycles. The number of aliphatic carboxylic acids is 1. The van der Waals surface area contributed by atoms with Gasteiger partial charge in [-0.2, -0.15) is 0 Å². The number of rotatable bonds is 4. The van der Waals surface area contributed by atoms with Crippen LogP contribution in [0.1, 0.15) is 18.4 Å². The smallest absolute Gasteiger partial charge is 0.324 e. The van der Waals surface area contributed by atoms with Crippen LogP contribution in [0.2, 0.25) is 0 Å². The van der Waals surface area contributed by atoms with Gasteiger partial charge in [0.2, 0.25) is 0 Å². The molecule has 22 heavy (non-hydrogen) atoms. The molecule has 0 aliphatic carbocycles. The van der Waals surface area contributed by atoms with Gasteiger partial charge in [0.1, 0.15) is 5.54 Å². The van der Waals surface area contributed by atoms with Gasteiger partial charge in [0.05, 0.1) is 0 Å². The molecule has 1 fully saturated rings. The highest BCUT2D eigenvalue weighted by molar-refractivity contribution is 5.85. The summed E-state index contributed by atoms with van der Waals surface area (Å²) in [5.74, 6) is -0.743. The van der Waals surface area contributed by atoms with Crippen molar-refractivity contribution >= 4 is 18.4 Å². The first-order valence-electron chi connectivity index (χ1n) is 7.32. The lowest BCUT2D eigenvalue weighted by Gasteiger charge is -2.24. The Morgan fingerprint density at radius 3 is 2.23 bits per heavy atom. The van der Waals surface area contributed by atoms with Crippen molar-refractivity contribution in [2.45, 2.75) is 24.8 Å². The van der Waals surface area contributed by atoms with Gasteiger partial charge in [0.25, 0.3) is 0 Å². The first-order chi connectivity index (χ1) is 10.2. The number of halogens is 1. The Labute approximate surface area is 136 Å². The molecule has 0 amide bonds. The van der Waals surface area contributed by atoms with Crippen LogP contribution in [0.15, 0.2) is 54.6 Å². The lowest BCUT2D eigenvalue weighted by atomic mass is 9.89. The standard InChI is InChI=1S/C18H19NO2.ClH/c20-17(21)18(11-4-12-19-18)13-14-7-9-16(10-8-14)15-5-2-1-3-6-15;/h1-3,5-10,19H,4,11-13H2,(H,20,21);1H. The Morgan fingerprint density at radius 1 is 1.05 bits per heavy atom. The van der Waals surface area contributed by atoms with Gasteiger partial charge in [-0.1, -0.05) is 54.6 Å². The normalized spacial score (nSPS) is 20.4. The summed E-state index contributed by atoms with van der Waals surface area (Å²) < 4.78 is 0. The Balaban J connectivity index is 0.00000176. The fourth-order valence-corrected chi connectivity index (χ4v) is 3.01. The molecule has 1 saturated heterocycles. The molecule has 0 saturated carbocycles. The molecule has 116 valence electrons. The molecule has 0 aromatic heterocycles. The van der Waals surface area contributed by atoms with E-state index in [1.165, 1.54) is 5.56 Å². The highest BCUT2D eigenvalue weighted by Gasteiger charge is 2.40. The number of carboxylic acids is 1. The quantitative estimate of drug-likeness (QED) is 0.907. The van der Waals surface area contributed by atoms with E-state index >= 15 is 0 Å². The van der Waals surface area contributed by atoms with Crippen molar-refractivity contribution in [3.63, 3.8) is 0 Å². The fourth-order valence-electron chi connectivity index (χ4n) is 3.01. The minimum atomic E-state index is -0.783. The number of hydrogen-bond donors (Lipinski definition) is 2. The summed E-state index contributed by atoms with van der Waals surface area (Å²) in [4.78, 5) is 11.6. The van der Waals surface area contributed by atoms with Gasteiger partial charge in [-0.3, -0.25) is 4.79 Å². The van der Waals surface area contributed by atoms with Crippen molar-refractivity contribution in [2.75, 3.05) is 6.54 Å². The third kappa shape index (κ3) is 3.32. The molecule has 1 aliphatic heterocycles. The molecule has 2 N–H and O–H groups in total. The third-order valence-electron chi connectivity index (χ3n) is 4.22. The zero-order valence-electron chi connectivity index (χ0n) is 12.3. The zero-order chi connectivity index (χ0) is 14.7. The first kappa shape index (κ1) is 16.5. The first-order valence-corrected chi connectivity index (χ1v) is 7.32. The summed E-state index contributed by atoms with van der Waals surface area (Å²) in [6, 6.07) is 18.4. The zero-order valence-corrected chi connectivity index (χ0v) is 13.1. The van der Waals surface area contributed by atoms with Crippen molar-refractivity contribution in [1.82, 2.24) is 5.32 Å². The van der Waals surface area contributed by atoms with E-state index in [0.717, 1.165) is 24.1 Å². The summed E-state index contributed by atoms with van der Waals surface area (Å²) in [6.07, 6.45) is 2.16. The van der Waals surface area contributed by atoms with E-state index in [4.69, 9.17) is 0 Å². The molecule has 1 aliphatic rings. The largest absolute Gasteiger partial charge is 0.480 e. The van der Waals surface area contributed by atoms with E-state index in [9.17, 15) is 9.90 Å². The van der Waals surface area contributed by atoms with Gasteiger partial charge in [0.15, 0.2) is 0 Å². The van der Waals surface area contributed by atoms with E-state index in [1.54, 1.807) is 0 Å². The van der Waals surface area contributed by atoms with Crippen LogP contribution in [-0.2, 0) is 11.2 Å². The number of carbonyl (C=O) groups is 1. The van der Waals surface area contributed by atoms with Crippen LogP contribution in [0.4, 0.5) is 0 Å². The van der Waals surface area contributed by atoms with Gasteiger partial charge in [0, 0.05) is 6.42 Å². The molecule has 1 heterocycles.